The average Bonchev–Trinajstić information content (AvgIpc) is 2.36. The fraction of sp³-hybridized carbons (Fsp3) is 0. The molecule has 6 heteroatoms. The molecule has 0 radical (unpaired) electrons. The van der Waals surface area contributed by atoms with E-state index in [4.69, 9.17) is 10.5 Å². The van der Waals surface area contributed by atoms with Gasteiger partial charge in [0.05, 0.1) is 0 Å². The summed E-state index contributed by atoms with van der Waals surface area (Å²) in [6.45, 7) is 0. The third-order valence-corrected chi connectivity index (χ3v) is 2.78. The lowest BCUT2D eigenvalue weighted by atomic mass is 10.2. The van der Waals surface area contributed by atoms with Gasteiger partial charge in [0.2, 0.25) is 11.7 Å². The minimum absolute atomic E-state index is 0.251. The van der Waals surface area contributed by atoms with Gasteiger partial charge in [-0.3, -0.25) is 4.79 Å². The first-order valence-electron chi connectivity index (χ1n) is 5.19. The lowest BCUT2D eigenvalue weighted by Gasteiger charge is -2.08. The van der Waals surface area contributed by atoms with Crippen LogP contribution in [-0.4, -0.2) is 5.91 Å². The Morgan fingerprint density at radius 3 is 2.37 bits per heavy atom. The fourth-order valence-electron chi connectivity index (χ4n) is 1.42. The van der Waals surface area contributed by atoms with Crippen molar-refractivity contribution in [2.24, 2.45) is 5.73 Å². The second kappa shape index (κ2) is 5.36. The molecule has 3 nitrogen and oxygen atoms in total. The van der Waals surface area contributed by atoms with Gasteiger partial charge < -0.3 is 10.5 Å². The van der Waals surface area contributed by atoms with Gasteiger partial charge in [-0.25, -0.2) is 4.39 Å². The van der Waals surface area contributed by atoms with Crippen molar-refractivity contribution < 1.29 is 18.3 Å². The molecule has 0 aromatic heterocycles. The normalized spacial score (nSPS) is 10.3. The van der Waals surface area contributed by atoms with E-state index >= 15 is 0 Å². The molecular formula is C13H8BrF2NO2. The number of rotatable bonds is 3. The molecule has 1 amide bonds. The van der Waals surface area contributed by atoms with Crippen molar-refractivity contribution in [2.45, 2.75) is 0 Å². The predicted molar refractivity (Wildman–Crippen MR) is 69.1 cm³/mol. The van der Waals surface area contributed by atoms with Crippen LogP contribution < -0.4 is 10.5 Å². The quantitative estimate of drug-likeness (QED) is 0.875. The molecule has 98 valence electrons. The molecule has 0 fully saturated rings. The Balaban J connectivity index is 2.28. The van der Waals surface area contributed by atoms with E-state index in [1.807, 2.05) is 0 Å². The molecule has 2 rings (SSSR count). The van der Waals surface area contributed by atoms with Gasteiger partial charge in [-0.2, -0.15) is 4.39 Å². The van der Waals surface area contributed by atoms with Crippen LogP contribution in [0.4, 0.5) is 8.78 Å². The molecule has 2 aromatic carbocycles. The predicted octanol–water partition coefficient (Wildman–Crippen LogP) is 3.62. The zero-order valence-electron chi connectivity index (χ0n) is 9.49. The number of carbonyl (C=O) groups is 1. The topological polar surface area (TPSA) is 52.3 Å². The van der Waals surface area contributed by atoms with Gasteiger partial charge in [0.15, 0.2) is 11.6 Å². The molecule has 2 N–H and O–H groups in total. The van der Waals surface area contributed by atoms with Crippen LogP contribution in [0.25, 0.3) is 0 Å². The van der Waals surface area contributed by atoms with Crippen molar-refractivity contribution in [2.75, 3.05) is 0 Å². The van der Waals surface area contributed by atoms with E-state index in [-0.39, 0.29) is 11.5 Å². The van der Waals surface area contributed by atoms with Crippen molar-refractivity contribution >= 4 is 21.8 Å². The third-order valence-electron chi connectivity index (χ3n) is 2.33. The maximum absolute atomic E-state index is 13.5. The summed E-state index contributed by atoms with van der Waals surface area (Å²) in [6.07, 6.45) is 0. The zero-order chi connectivity index (χ0) is 14.0. The third kappa shape index (κ3) is 3.08. The van der Waals surface area contributed by atoms with Gasteiger partial charge in [-0.15, -0.1) is 0 Å². The molecular weight excluding hydrogens is 320 g/mol. The summed E-state index contributed by atoms with van der Waals surface area (Å²) >= 11 is 3.04. The molecule has 0 heterocycles. The van der Waals surface area contributed by atoms with Gasteiger partial charge in [-0.05, 0) is 36.4 Å². The number of halogens is 3. The largest absolute Gasteiger partial charge is 0.454 e. The number of benzene rings is 2. The van der Waals surface area contributed by atoms with Crippen molar-refractivity contribution in [3.05, 3.63) is 58.1 Å². The van der Waals surface area contributed by atoms with E-state index in [2.05, 4.69) is 15.9 Å². The van der Waals surface area contributed by atoms with Crippen LogP contribution in [0.3, 0.4) is 0 Å². The molecule has 0 spiro atoms. The highest BCUT2D eigenvalue weighted by Crippen LogP contribution is 2.29. The number of carbonyl (C=O) groups excluding carboxylic acids is 1. The Labute approximate surface area is 116 Å². The lowest BCUT2D eigenvalue weighted by Crippen LogP contribution is -2.10. The molecule has 0 aliphatic carbocycles. The number of primary amides is 1. The summed E-state index contributed by atoms with van der Waals surface area (Å²) in [6, 6.07) is 8.06. The Morgan fingerprint density at radius 2 is 1.79 bits per heavy atom. The van der Waals surface area contributed by atoms with Crippen molar-refractivity contribution in [1.82, 2.24) is 0 Å². The molecule has 0 unspecified atom stereocenters. The minimum Gasteiger partial charge on any atom is -0.454 e. The second-order valence-corrected chi connectivity index (χ2v) is 4.61. The van der Waals surface area contributed by atoms with Gasteiger partial charge >= 0.3 is 0 Å². The smallest absolute Gasteiger partial charge is 0.248 e. The van der Waals surface area contributed by atoms with Crippen LogP contribution in [-0.2, 0) is 0 Å². The monoisotopic (exact) mass is 327 g/mol. The molecule has 0 aliphatic rings. The number of nitrogens with two attached hydrogens (primary N) is 1. The van der Waals surface area contributed by atoms with Gasteiger partial charge in [-0.1, -0.05) is 15.9 Å². The molecule has 19 heavy (non-hydrogen) atoms. The molecule has 0 atom stereocenters. The van der Waals surface area contributed by atoms with Crippen molar-refractivity contribution in [3.63, 3.8) is 0 Å². The standard InChI is InChI=1S/C13H8BrF2NO2/c14-8-5-10(15)12(16)11(6-8)19-9-3-1-7(2-4-9)13(17)18/h1-6H,(H2,17,18). The Morgan fingerprint density at radius 1 is 1.16 bits per heavy atom. The summed E-state index contributed by atoms with van der Waals surface area (Å²) < 4.78 is 32.2. The van der Waals surface area contributed by atoms with E-state index in [9.17, 15) is 13.6 Å². The second-order valence-electron chi connectivity index (χ2n) is 3.69. The highest BCUT2D eigenvalue weighted by Gasteiger charge is 2.12. The number of hydrogen-bond acceptors (Lipinski definition) is 2. The molecule has 0 saturated carbocycles. The highest BCUT2D eigenvalue weighted by atomic mass is 79.9. The fourth-order valence-corrected chi connectivity index (χ4v) is 1.83. The highest BCUT2D eigenvalue weighted by molar-refractivity contribution is 9.10. The van der Waals surface area contributed by atoms with Gasteiger partial charge in [0.1, 0.15) is 5.75 Å². The summed E-state index contributed by atoms with van der Waals surface area (Å²) in [5.41, 5.74) is 5.38. The Kier molecular flexibility index (Phi) is 3.80. The average molecular weight is 328 g/mol. The maximum atomic E-state index is 13.5. The van der Waals surface area contributed by atoms with Crippen molar-refractivity contribution in [1.29, 1.82) is 0 Å². The van der Waals surface area contributed by atoms with Crippen molar-refractivity contribution in [3.8, 4) is 11.5 Å². The SMILES string of the molecule is NC(=O)c1ccc(Oc2cc(Br)cc(F)c2F)cc1. The number of amides is 1. The van der Waals surface area contributed by atoms with E-state index < -0.39 is 17.5 Å². The van der Waals surface area contributed by atoms with Crippen LogP contribution in [0.2, 0.25) is 0 Å². The first kappa shape index (κ1) is 13.5. The molecule has 0 aliphatic heterocycles. The van der Waals surface area contributed by atoms with Crippen LogP contribution >= 0.6 is 15.9 Å². The number of hydrogen-bond donors (Lipinski definition) is 1. The van der Waals surface area contributed by atoms with Crippen LogP contribution in [0.1, 0.15) is 10.4 Å². The minimum atomic E-state index is -1.08. The van der Waals surface area contributed by atoms with Gasteiger partial charge in [0.25, 0.3) is 0 Å². The Bertz CT molecular complexity index is 629. The summed E-state index contributed by atoms with van der Waals surface area (Å²) in [5, 5.41) is 0. The van der Waals surface area contributed by atoms with E-state index in [0.717, 1.165) is 6.07 Å². The van der Waals surface area contributed by atoms with Crippen LogP contribution in [0.5, 0.6) is 11.5 Å². The maximum Gasteiger partial charge on any atom is 0.248 e. The first-order chi connectivity index (χ1) is 8.97. The van der Waals surface area contributed by atoms with Crippen LogP contribution in [0.15, 0.2) is 40.9 Å². The Hall–Kier alpha value is -1.95. The van der Waals surface area contributed by atoms with E-state index in [0.29, 0.717) is 10.0 Å². The van der Waals surface area contributed by atoms with Crippen LogP contribution in [0, 0.1) is 11.6 Å². The van der Waals surface area contributed by atoms with E-state index in [1.54, 1.807) is 0 Å². The van der Waals surface area contributed by atoms with E-state index in [1.165, 1.54) is 30.3 Å². The summed E-state index contributed by atoms with van der Waals surface area (Å²) in [5.74, 6) is -2.66. The molecule has 0 saturated heterocycles. The molecule has 2 aromatic rings. The zero-order valence-corrected chi connectivity index (χ0v) is 11.1. The van der Waals surface area contributed by atoms with Gasteiger partial charge in [0, 0.05) is 10.0 Å². The molecule has 0 bridgehead atoms. The number of ether oxygens (including phenoxy) is 1. The lowest BCUT2D eigenvalue weighted by molar-refractivity contribution is 0.100. The summed E-state index contributed by atoms with van der Waals surface area (Å²) in [4.78, 5) is 10.9. The summed E-state index contributed by atoms with van der Waals surface area (Å²) in [7, 11) is 0. The first-order valence-corrected chi connectivity index (χ1v) is 5.99.